The molecule has 0 aliphatic carbocycles. The van der Waals surface area contributed by atoms with Crippen LogP contribution in [0.1, 0.15) is 19.8 Å². The maximum absolute atomic E-state index is 13.3. The van der Waals surface area contributed by atoms with E-state index in [1.54, 1.807) is 18.3 Å². The van der Waals surface area contributed by atoms with Gasteiger partial charge >= 0.3 is 0 Å². The number of halogens is 1. The Bertz CT molecular complexity index is 897. The van der Waals surface area contributed by atoms with E-state index in [-0.39, 0.29) is 11.8 Å². The van der Waals surface area contributed by atoms with Crippen LogP contribution in [0, 0.1) is 11.7 Å². The summed E-state index contributed by atoms with van der Waals surface area (Å²) in [7, 11) is 0. The Morgan fingerprint density at radius 2 is 1.81 bits per heavy atom. The first-order valence-corrected chi connectivity index (χ1v) is 8.79. The molecule has 6 nitrogen and oxygen atoms in total. The summed E-state index contributed by atoms with van der Waals surface area (Å²) in [5.41, 5.74) is 8.94. The maximum Gasteiger partial charge on any atom is 0.220 e. The van der Waals surface area contributed by atoms with E-state index in [2.05, 4.69) is 26.9 Å². The predicted octanol–water partition coefficient (Wildman–Crippen LogP) is 3.10. The number of benzene rings is 1. The summed E-state index contributed by atoms with van der Waals surface area (Å²) >= 11 is 0. The number of imidazole rings is 1. The van der Waals surface area contributed by atoms with Crippen LogP contribution >= 0.6 is 0 Å². The molecular formula is C19H21FN6. The second-order valence-corrected chi connectivity index (χ2v) is 6.73. The number of anilines is 1. The fraction of sp³-hybridized carbons (Fsp3) is 0.316. The second kappa shape index (κ2) is 6.74. The van der Waals surface area contributed by atoms with Crippen LogP contribution in [0.5, 0.6) is 0 Å². The summed E-state index contributed by atoms with van der Waals surface area (Å²) in [5.74, 6) is 0.670. The molecule has 1 aliphatic rings. The lowest BCUT2D eigenvalue weighted by Crippen LogP contribution is -2.41. The predicted molar refractivity (Wildman–Crippen MR) is 99.4 cm³/mol. The quantitative estimate of drug-likeness (QED) is 0.784. The second-order valence-electron chi connectivity index (χ2n) is 6.73. The normalized spacial score (nSPS) is 15.4. The molecular weight excluding hydrogens is 331 g/mol. The van der Waals surface area contributed by atoms with Gasteiger partial charge in [0, 0.05) is 24.8 Å². The van der Waals surface area contributed by atoms with Gasteiger partial charge in [-0.05, 0) is 49.1 Å². The summed E-state index contributed by atoms with van der Waals surface area (Å²) in [6, 6.07) is 8.16. The van der Waals surface area contributed by atoms with Crippen molar-refractivity contribution in [3.8, 4) is 22.6 Å². The van der Waals surface area contributed by atoms with Gasteiger partial charge in [0.2, 0.25) is 5.95 Å². The average Bonchev–Trinajstić information content (AvgIpc) is 3.08. The van der Waals surface area contributed by atoms with Crippen molar-refractivity contribution in [2.75, 3.05) is 23.8 Å². The molecule has 0 bridgehead atoms. The van der Waals surface area contributed by atoms with Gasteiger partial charge in [-0.2, -0.15) is 0 Å². The molecule has 1 saturated heterocycles. The first kappa shape index (κ1) is 16.5. The number of hydrogen-bond donors (Lipinski definition) is 1. The van der Waals surface area contributed by atoms with Crippen LogP contribution in [0.25, 0.3) is 22.6 Å². The van der Waals surface area contributed by atoms with E-state index in [0.717, 1.165) is 48.8 Å². The third-order valence-corrected chi connectivity index (χ3v) is 4.85. The highest BCUT2D eigenvalue weighted by molar-refractivity contribution is 5.77. The van der Waals surface area contributed by atoms with Gasteiger partial charge in [0.25, 0.3) is 0 Å². The molecule has 0 saturated carbocycles. The van der Waals surface area contributed by atoms with Crippen LogP contribution in [0.15, 0.2) is 42.9 Å². The van der Waals surface area contributed by atoms with Crippen LogP contribution < -0.4 is 10.7 Å². The molecule has 0 radical (unpaired) electrons. The van der Waals surface area contributed by atoms with Gasteiger partial charge in [0.05, 0.1) is 11.4 Å². The Labute approximate surface area is 151 Å². The third-order valence-electron chi connectivity index (χ3n) is 4.85. The van der Waals surface area contributed by atoms with E-state index in [1.165, 1.54) is 12.1 Å². The Balaban J connectivity index is 1.83. The largest absolute Gasteiger partial charge is 0.368 e. The van der Waals surface area contributed by atoms with E-state index in [9.17, 15) is 4.39 Å². The summed E-state index contributed by atoms with van der Waals surface area (Å²) in [6.07, 6.45) is 5.72. The molecule has 7 heteroatoms. The summed E-state index contributed by atoms with van der Waals surface area (Å²) < 4.78 is 15.4. The lowest BCUT2D eigenvalue weighted by atomic mass is 10.0. The van der Waals surface area contributed by atoms with Gasteiger partial charge in [0.1, 0.15) is 17.8 Å². The van der Waals surface area contributed by atoms with E-state index in [4.69, 9.17) is 5.73 Å². The molecule has 134 valence electrons. The van der Waals surface area contributed by atoms with Crippen molar-refractivity contribution in [3.05, 3.63) is 48.7 Å². The van der Waals surface area contributed by atoms with Crippen LogP contribution in [-0.2, 0) is 0 Å². The van der Waals surface area contributed by atoms with Crippen molar-refractivity contribution in [1.82, 2.24) is 19.6 Å². The number of piperidine rings is 1. The molecule has 3 heterocycles. The monoisotopic (exact) mass is 352 g/mol. The van der Waals surface area contributed by atoms with Gasteiger partial charge in [-0.3, -0.25) is 0 Å². The fourth-order valence-corrected chi connectivity index (χ4v) is 3.33. The van der Waals surface area contributed by atoms with Gasteiger partial charge in [0.15, 0.2) is 0 Å². The number of nitrogens with two attached hydrogens (primary N) is 1. The molecule has 0 spiro atoms. The van der Waals surface area contributed by atoms with Gasteiger partial charge < -0.3 is 10.7 Å². The zero-order valence-electron chi connectivity index (χ0n) is 14.6. The first-order chi connectivity index (χ1) is 12.6. The topological polar surface area (TPSA) is 72.9 Å². The van der Waals surface area contributed by atoms with Gasteiger partial charge in [-0.1, -0.05) is 6.92 Å². The van der Waals surface area contributed by atoms with Crippen molar-refractivity contribution in [2.24, 2.45) is 5.92 Å². The molecule has 4 rings (SSSR count). The zero-order valence-corrected chi connectivity index (χ0v) is 14.6. The lowest BCUT2D eigenvalue weighted by molar-refractivity contribution is 0.388. The molecule has 1 fully saturated rings. The molecule has 2 aromatic heterocycles. The number of hydrogen-bond acceptors (Lipinski definition) is 5. The fourth-order valence-electron chi connectivity index (χ4n) is 3.33. The van der Waals surface area contributed by atoms with Crippen molar-refractivity contribution < 1.29 is 4.39 Å². The van der Waals surface area contributed by atoms with Crippen LogP contribution in [0.2, 0.25) is 0 Å². The minimum Gasteiger partial charge on any atom is -0.368 e. The van der Waals surface area contributed by atoms with Crippen molar-refractivity contribution in [2.45, 2.75) is 19.8 Å². The lowest BCUT2D eigenvalue weighted by Gasteiger charge is -2.33. The molecule has 0 atom stereocenters. The van der Waals surface area contributed by atoms with E-state index in [1.807, 2.05) is 17.1 Å². The minimum absolute atomic E-state index is 0.215. The Kier molecular flexibility index (Phi) is 4.28. The van der Waals surface area contributed by atoms with E-state index >= 15 is 0 Å². The molecule has 0 unspecified atom stereocenters. The number of rotatable bonds is 3. The number of nitrogen functional groups attached to an aromatic ring is 1. The van der Waals surface area contributed by atoms with Crippen LogP contribution in [0.3, 0.4) is 0 Å². The average molecular weight is 352 g/mol. The molecule has 26 heavy (non-hydrogen) atoms. The SMILES string of the molecule is CC1CCN(n2cnc(-c3ccc(F)cc3)c2-c2ccnc(N)n2)CC1. The summed E-state index contributed by atoms with van der Waals surface area (Å²) in [6.45, 7) is 4.18. The van der Waals surface area contributed by atoms with E-state index in [0.29, 0.717) is 5.69 Å². The molecule has 0 amide bonds. The van der Waals surface area contributed by atoms with Crippen LogP contribution in [0.4, 0.5) is 10.3 Å². The molecule has 3 aromatic rings. The third kappa shape index (κ3) is 3.12. The number of aromatic nitrogens is 4. The summed E-state index contributed by atoms with van der Waals surface area (Å²) in [4.78, 5) is 13.0. The van der Waals surface area contributed by atoms with Gasteiger partial charge in [-0.25, -0.2) is 24.0 Å². The highest BCUT2D eigenvalue weighted by Gasteiger charge is 2.23. The van der Waals surface area contributed by atoms with Gasteiger partial charge in [-0.15, -0.1) is 0 Å². The van der Waals surface area contributed by atoms with Crippen molar-refractivity contribution in [3.63, 3.8) is 0 Å². The maximum atomic E-state index is 13.3. The Hall–Kier alpha value is -2.96. The highest BCUT2D eigenvalue weighted by Crippen LogP contribution is 2.31. The van der Waals surface area contributed by atoms with E-state index < -0.39 is 0 Å². The van der Waals surface area contributed by atoms with Crippen molar-refractivity contribution >= 4 is 5.95 Å². The Morgan fingerprint density at radius 1 is 1.08 bits per heavy atom. The smallest absolute Gasteiger partial charge is 0.220 e. The molecule has 1 aliphatic heterocycles. The highest BCUT2D eigenvalue weighted by atomic mass is 19.1. The number of nitrogens with zero attached hydrogens (tertiary/aromatic N) is 5. The van der Waals surface area contributed by atoms with Crippen LogP contribution in [-0.4, -0.2) is 32.7 Å². The Morgan fingerprint density at radius 3 is 2.50 bits per heavy atom. The first-order valence-electron chi connectivity index (χ1n) is 8.79. The minimum atomic E-state index is -0.272. The standard InChI is InChI=1S/C19H21FN6/c1-13-7-10-25(11-8-13)26-12-23-17(14-2-4-15(20)5-3-14)18(26)16-6-9-22-19(21)24-16/h2-6,9,12-13H,7-8,10-11H2,1H3,(H2,21,22,24). The molecule has 1 aromatic carbocycles. The summed E-state index contributed by atoms with van der Waals surface area (Å²) in [5, 5.41) is 2.27. The molecule has 2 N–H and O–H groups in total. The zero-order chi connectivity index (χ0) is 18.1. The van der Waals surface area contributed by atoms with Crippen molar-refractivity contribution in [1.29, 1.82) is 0 Å².